The first-order valence-electron chi connectivity index (χ1n) is 8.99. The molecule has 0 saturated heterocycles. The Hall–Kier alpha value is -2.93. The standard InChI is InChI=1S/C23H21N3O3.CH4.Na/c1-16(17-5-3-2-4-6-17)23(18-7-11-20(12-8-18)25-26-24)19-9-13-21(14-10-19)29-15-22(27)28;;/h2-14H,15H2,1H3,(H2,24,25)(H,27,28);1H4;/q;;+1/p-1/b23-16-;;. The number of nitrogens with two attached hydrogens (primary N) is 1. The van der Waals surface area contributed by atoms with Gasteiger partial charge >= 0.3 is 29.6 Å². The quantitative estimate of drug-likeness (QED) is 0.203. The minimum Gasteiger partial charge on any atom is -0.546 e. The normalized spacial score (nSPS) is 11.1. The van der Waals surface area contributed by atoms with Crippen molar-refractivity contribution in [2.45, 2.75) is 14.4 Å². The molecule has 154 valence electrons. The minimum absolute atomic E-state index is 0. The van der Waals surface area contributed by atoms with Crippen molar-refractivity contribution in [3.63, 3.8) is 0 Å². The van der Waals surface area contributed by atoms with Gasteiger partial charge in [-0.3, -0.25) is 0 Å². The van der Waals surface area contributed by atoms with Gasteiger partial charge in [-0.2, -0.15) is 0 Å². The van der Waals surface area contributed by atoms with Gasteiger partial charge in [0, 0.05) is 0 Å². The van der Waals surface area contributed by atoms with E-state index in [-0.39, 0.29) is 37.0 Å². The van der Waals surface area contributed by atoms with E-state index in [2.05, 4.69) is 29.4 Å². The summed E-state index contributed by atoms with van der Waals surface area (Å²) >= 11 is 0. The van der Waals surface area contributed by atoms with E-state index < -0.39 is 12.6 Å². The number of carbonyl (C=O) groups is 1. The summed E-state index contributed by atoms with van der Waals surface area (Å²) < 4.78 is 5.18. The summed E-state index contributed by atoms with van der Waals surface area (Å²) in [5, 5.41) is 17.7. The number of allylic oxidation sites excluding steroid dienone is 1. The van der Waals surface area contributed by atoms with Crippen LogP contribution in [0.25, 0.3) is 11.1 Å². The van der Waals surface area contributed by atoms with E-state index >= 15 is 0 Å². The molecule has 0 fully saturated rings. The molecule has 0 aliphatic rings. The number of carboxylic acid groups (broad SMARTS) is 1. The summed E-state index contributed by atoms with van der Waals surface area (Å²) in [5.74, 6) is 4.33. The summed E-state index contributed by atoms with van der Waals surface area (Å²) in [7, 11) is 0. The third-order valence-corrected chi connectivity index (χ3v) is 4.41. The maximum Gasteiger partial charge on any atom is 1.00 e. The molecule has 0 unspecified atom stereocenters. The van der Waals surface area contributed by atoms with E-state index in [1.54, 1.807) is 12.1 Å². The fourth-order valence-corrected chi connectivity index (χ4v) is 3.05. The van der Waals surface area contributed by atoms with Crippen molar-refractivity contribution in [1.82, 2.24) is 0 Å². The van der Waals surface area contributed by atoms with Crippen LogP contribution < -0.4 is 45.2 Å². The number of carbonyl (C=O) groups excluding carboxylic acids is 1. The molecule has 2 N–H and O–H groups in total. The van der Waals surface area contributed by atoms with Gasteiger partial charge in [0.2, 0.25) is 0 Å². The monoisotopic (exact) mass is 425 g/mol. The van der Waals surface area contributed by atoms with Gasteiger partial charge in [0.05, 0.1) is 11.7 Å². The predicted molar refractivity (Wildman–Crippen MR) is 117 cm³/mol. The molecule has 7 heteroatoms. The Balaban J connectivity index is 0.00000240. The number of aliphatic carboxylic acids is 1. The first-order chi connectivity index (χ1) is 14.1. The first kappa shape index (κ1) is 26.1. The first-order valence-corrected chi connectivity index (χ1v) is 8.99. The summed E-state index contributed by atoms with van der Waals surface area (Å²) in [5.41, 5.74) is 5.89. The second-order valence-electron chi connectivity index (χ2n) is 6.31. The Bertz CT molecular complexity index is 1030. The molecule has 0 saturated carbocycles. The van der Waals surface area contributed by atoms with Gasteiger partial charge in [-0.1, -0.05) is 67.2 Å². The summed E-state index contributed by atoms with van der Waals surface area (Å²) in [4.78, 5) is 10.6. The van der Waals surface area contributed by atoms with E-state index in [0.29, 0.717) is 11.4 Å². The predicted octanol–water partition coefficient (Wildman–Crippen LogP) is 1.39. The maximum absolute atomic E-state index is 10.6. The average molecular weight is 425 g/mol. The Morgan fingerprint density at radius 3 is 1.97 bits per heavy atom. The fraction of sp³-hybridized carbons (Fsp3) is 0.125. The largest absolute Gasteiger partial charge is 1.00 e. The number of carboxylic acids is 1. The van der Waals surface area contributed by atoms with Crippen LogP contribution in [0.3, 0.4) is 0 Å². The van der Waals surface area contributed by atoms with Crippen LogP contribution in [0.4, 0.5) is 5.69 Å². The molecule has 6 nitrogen and oxygen atoms in total. The molecule has 0 amide bonds. The molecule has 0 radical (unpaired) electrons. The van der Waals surface area contributed by atoms with Gasteiger partial charge in [0.15, 0.2) is 0 Å². The van der Waals surface area contributed by atoms with Crippen LogP contribution in [0.15, 0.2) is 89.2 Å². The zero-order chi connectivity index (χ0) is 20.6. The molecule has 0 aliphatic carbocycles. The minimum atomic E-state index is -1.26. The third-order valence-electron chi connectivity index (χ3n) is 4.41. The Labute approximate surface area is 204 Å². The number of benzene rings is 3. The van der Waals surface area contributed by atoms with Crippen LogP contribution in [0.2, 0.25) is 0 Å². The Morgan fingerprint density at radius 1 is 0.903 bits per heavy atom. The second-order valence-corrected chi connectivity index (χ2v) is 6.31. The van der Waals surface area contributed by atoms with Crippen molar-refractivity contribution < 1.29 is 44.2 Å². The van der Waals surface area contributed by atoms with Gasteiger partial charge in [0.1, 0.15) is 12.4 Å². The van der Waals surface area contributed by atoms with Crippen molar-refractivity contribution in [3.05, 3.63) is 95.6 Å². The van der Waals surface area contributed by atoms with Crippen LogP contribution in [0.1, 0.15) is 31.0 Å². The summed E-state index contributed by atoms with van der Waals surface area (Å²) in [6, 6.07) is 25.0. The molecule has 0 bridgehead atoms. The van der Waals surface area contributed by atoms with Crippen molar-refractivity contribution in [3.8, 4) is 5.75 Å². The SMILES string of the molecule is C.C/C(=C(\c1ccc(N=NN)cc1)c1ccc(OCC(=O)[O-])cc1)c1ccccc1.[Na+]. The maximum atomic E-state index is 10.6. The van der Waals surface area contributed by atoms with Crippen LogP contribution in [0, 0.1) is 0 Å². The third kappa shape index (κ3) is 7.07. The molecule has 0 atom stereocenters. The van der Waals surface area contributed by atoms with E-state index in [4.69, 9.17) is 10.6 Å². The topological polar surface area (TPSA) is 100 Å². The zero-order valence-electron chi connectivity index (χ0n) is 16.9. The molecular weight excluding hydrogens is 401 g/mol. The van der Waals surface area contributed by atoms with Crippen molar-refractivity contribution in [2.24, 2.45) is 16.2 Å². The van der Waals surface area contributed by atoms with Gasteiger partial charge in [0.25, 0.3) is 0 Å². The smallest absolute Gasteiger partial charge is 0.546 e. The zero-order valence-corrected chi connectivity index (χ0v) is 18.9. The molecule has 3 aromatic rings. The number of hydrogen-bond donors (Lipinski definition) is 1. The number of ether oxygens (including phenoxy) is 1. The van der Waals surface area contributed by atoms with Crippen molar-refractivity contribution >= 4 is 22.8 Å². The van der Waals surface area contributed by atoms with E-state index in [0.717, 1.165) is 27.8 Å². The summed E-state index contributed by atoms with van der Waals surface area (Å²) in [6.07, 6.45) is 0. The molecule has 0 aromatic heterocycles. The second kappa shape index (κ2) is 12.7. The van der Waals surface area contributed by atoms with E-state index in [9.17, 15) is 9.90 Å². The van der Waals surface area contributed by atoms with Gasteiger partial charge in [-0.25, -0.2) is 0 Å². The van der Waals surface area contributed by atoms with Crippen LogP contribution >= 0.6 is 0 Å². The van der Waals surface area contributed by atoms with E-state index in [1.807, 2.05) is 54.6 Å². The Kier molecular flexibility index (Phi) is 10.7. The molecule has 0 heterocycles. The van der Waals surface area contributed by atoms with Gasteiger partial charge in [-0.15, -0.1) is 5.11 Å². The number of nitrogens with zero attached hydrogens (tertiary/aromatic N) is 2. The molecular formula is C24H24N3NaO3. The van der Waals surface area contributed by atoms with E-state index in [1.165, 1.54) is 0 Å². The van der Waals surface area contributed by atoms with Gasteiger partial charge in [-0.05, 0) is 59.0 Å². The van der Waals surface area contributed by atoms with Crippen molar-refractivity contribution in [1.29, 1.82) is 0 Å². The van der Waals surface area contributed by atoms with Crippen LogP contribution in [0.5, 0.6) is 5.75 Å². The van der Waals surface area contributed by atoms with Crippen LogP contribution in [-0.2, 0) is 4.79 Å². The number of rotatable bonds is 7. The molecule has 0 aliphatic heterocycles. The molecule has 31 heavy (non-hydrogen) atoms. The van der Waals surface area contributed by atoms with Crippen LogP contribution in [-0.4, -0.2) is 12.6 Å². The fourth-order valence-electron chi connectivity index (χ4n) is 3.05. The molecule has 3 rings (SSSR count). The molecule has 0 spiro atoms. The molecule has 3 aromatic carbocycles. The van der Waals surface area contributed by atoms with Crippen molar-refractivity contribution in [2.75, 3.05) is 6.61 Å². The Morgan fingerprint density at radius 2 is 1.45 bits per heavy atom. The number of hydrogen-bond acceptors (Lipinski definition) is 5. The summed E-state index contributed by atoms with van der Waals surface area (Å²) in [6.45, 7) is 1.58. The van der Waals surface area contributed by atoms with Gasteiger partial charge < -0.3 is 20.5 Å². The average Bonchev–Trinajstić information content (AvgIpc) is 2.75.